The number of hydrogen-bond acceptors (Lipinski definition) is 3. The molecule has 0 amide bonds. The van der Waals surface area contributed by atoms with Crippen LogP contribution < -0.4 is 15.5 Å². The maximum absolute atomic E-state index is 5.94. The zero-order valence-corrected chi connectivity index (χ0v) is 18.0. The molecule has 0 aliphatic heterocycles. The molecule has 0 heterocycles. The number of aryl methyl sites for hydroxylation is 1. The van der Waals surface area contributed by atoms with Crippen LogP contribution in [0.25, 0.3) is 0 Å². The Morgan fingerprint density at radius 3 is 2.44 bits per heavy atom. The standard InChI is InChI=1S/C18H19Br2N3OS/c1-3-21-18(25)23-22-10-14-8-15(19)17(16(20)9-14)24-11-13-6-4-12(2)5-7-13/h4-10H,3,11H2,1-2H3,(H2,21,23,25). The van der Waals surface area contributed by atoms with E-state index in [0.717, 1.165) is 32.4 Å². The second kappa shape index (κ2) is 9.89. The Balaban J connectivity index is 2.02. The number of benzene rings is 2. The van der Waals surface area contributed by atoms with Crippen molar-refractivity contribution in [3.8, 4) is 5.75 Å². The number of nitrogens with one attached hydrogen (secondary N) is 2. The minimum absolute atomic E-state index is 0.495. The van der Waals surface area contributed by atoms with Gasteiger partial charge in [0.05, 0.1) is 15.2 Å². The van der Waals surface area contributed by atoms with Crippen LogP contribution in [0.15, 0.2) is 50.4 Å². The SMILES string of the molecule is CCNC(=S)NN=Cc1cc(Br)c(OCc2ccc(C)cc2)c(Br)c1. The Kier molecular flexibility index (Phi) is 7.87. The molecule has 4 nitrogen and oxygen atoms in total. The highest BCUT2D eigenvalue weighted by Gasteiger charge is 2.09. The van der Waals surface area contributed by atoms with Crippen molar-refractivity contribution >= 4 is 55.4 Å². The van der Waals surface area contributed by atoms with Crippen LogP contribution in [0, 0.1) is 6.92 Å². The molecular formula is C18H19Br2N3OS. The van der Waals surface area contributed by atoms with Gasteiger partial charge in [-0.25, -0.2) is 0 Å². The monoisotopic (exact) mass is 483 g/mol. The van der Waals surface area contributed by atoms with Crippen LogP contribution in [-0.4, -0.2) is 17.9 Å². The Labute approximate surface area is 170 Å². The molecule has 0 saturated carbocycles. The third-order valence-electron chi connectivity index (χ3n) is 3.24. The molecule has 0 aliphatic rings. The van der Waals surface area contributed by atoms with E-state index in [-0.39, 0.29) is 0 Å². The lowest BCUT2D eigenvalue weighted by Gasteiger charge is -2.11. The van der Waals surface area contributed by atoms with Crippen LogP contribution >= 0.6 is 44.1 Å². The molecule has 0 spiro atoms. The number of rotatable bonds is 6. The third-order valence-corrected chi connectivity index (χ3v) is 4.66. The summed E-state index contributed by atoms with van der Waals surface area (Å²) < 4.78 is 7.64. The fraction of sp³-hybridized carbons (Fsp3) is 0.222. The molecular weight excluding hydrogens is 466 g/mol. The van der Waals surface area contributed by atoms with Crippen molar-refractivity contribution in [2.24, 2.45) is 5.10 Å². The summed E-state index contributed by atoms with van der Waals surface area (Å²) in [7, 11) is 0. The van der Waals surface area contributed by atoms with Crippen molar-refractivity contribution < 1.29 is 4.74 Å². The smallest absolute Gasteiger partial charge is 0.186 e. The molecule has 2 N–H and O–H groups in total. The molecule has 132 valence electrons. The zero-order chi connectivity index (χ0) is 18.2. The summed E-state index contributed by atoms with van der Waals surface area (Å²) in [5.74, 6) is 0.758. The lowest BCUT2D eigenvalue weighted by molar-refractivity contribution is 0.302. The highest BCUT2D eigenvalue weighted by Crippen LogP contribution is 2.35. The van der Waals surface area contributed by atoms with E-state index in [1.54, 1.807) is 6.21 Å². The van der Waals surface area contributed by atoms with Gasteiger partial charge in [0, 0.05) is 6.54 Å². The predicted molar refractivity (Wildman–Crippen MR) is 114 cm³/mol. The van der Waals surface area contributed by atoms with Gasteiger partial charge < -0.3 is 10.1 Å². The minimum atomic E-state index is 0.495. The van der Waals surface area contributed by atoms with Gasteiger partial charge in [-0.2, -0.15) is 5.10 Å². The molecule has 0 unspecified atom stereocenters. The van der Waals surface area contributed by atoms with E-state index in [0.29, 0.717) is 11.7 Å². The van der Waals surface area contributed by atoms with Crippen LogP contribution in [0.1, 0.15) is 23.6 Å². The quantitative estimate of drug-likeness (QED) is 0.347. The first-order valence-electron chi connectivity index (χ1n) is 7.74. The van der Waals surface area contributed by atoms with E-state index in [2.05, 4.69) is 78.9 Å². The summed E-state index contributed by atoms with van der Waals surface area (Å²) >= 11 is 12.2. The van der Waals surface area contributed by atoms with Crippen molar-refractivity contribution in [2.75, 3.05) is 6.54 Å². The van der Waals surface area contributed by atoms with Crippen LogP contribution in [0.4, 0.5) is 0 Å². The van der Waals surface area contributed by atoms with E-state index in [1.165, 1.54) is 5.56 Å². The Hall–Kier alpha value is -1.44. The van der Waals surface area contributed by atoms with Crippen molar-refractivity contribution in [1.82, 2.24) is 10.7 Å². The average molecular weight is 485 g/mol. The van der Waals surface area contributed by atoms with Gasteiger partial charge in [-0.05, 0) is 81.2 Å². The van der Waals surface area contributed by atoms with E-state index in [4.69, 9.17) is 17.0 Å². The highest BCUT2D eigenvalue weighted by molar-refractivity contribution is 9.11. The van der Waals surface area contributed by atoms with Gasteiger partial charge >= 0.3 is 0 Å². The van der Waals surface area contributed by atoms with E-state index < -0.39 is 0 Å². The topological polar surface area (TPSA) is 45.7 Å². The predicted octanol–water partition coefficient (Wildman–Crippen LogP) is 4.92. The van der Waals surface area contributed by atoms with Crippen LogP contribution in [0.2, 0.25) is 0 Å². The molecule has 0 radical (unpaired) electrons. The molecule has 0 saturated heterocycles. The molecule has 0 aromatic heterocycles. The second-order valence-electron chi connectivity index (χ2n) is 5.32. The molecule has 0 aliphatic carbocycles. The third kappa shape index (κ3) is 6.41. The van der Waals surface area contributed by atoms with E-state index in [9.17, 15) is 0 Å². The van der Waals surface area contributed by atoms with Gasteiger partial charge in [-0.1, -0.05) is 29.8 Å². The van der Waals surface area contributed by atoms with Crippen molar-refractivity contribution in [1.29, 1.82) is 0 Å². The van der Waals surface area contributed by atoms with Crippen LogP contribution in [0.3, 0.4) is 0 Å². The van der Waals surface area contributed by atoms with Gasteiger partial charge in [0.1, 0.15) is 12.4 Å². The molecule has 0 atom stereocenters. The summed E-state index contributed by atoms with van der Waals surface area (Å²) in [6.45, 7) is 5.30. The van der Waals surface area contributed by atoms with Crippen LogP contribution in [-0.2, 0) is 6.61 Å². The summed E-state index contributed by atoms with van der Waals surface area (Å²) in [6, 6.07) is 12.2. The molecule has 2 aromatic carbocycles. The first-order chi connectivity index (χ1) is 12.0. The molecule has 2 rings (SSSR count). The van der Waals surface area contributed by atoms with Crippen LogP contribution in [0.5, 0.6) is 5.75 Å². The number of nitrogens with zero attached hydrogens (tertiary/aromatic N) is 1. The Morgan fingerprint density at radius 1 is 1.20 bits per heavy atom. The Bertz CT molecular complexity index is 740. The van der Waals surface area contributed by atoms with Gasteiger partial charge in [-0.3, -0.25) is 5.43 Å². The first kappa shape index (κ1) is 19.9. The number of thiocarbonyl (C=S) groups is 1. The average Bonchev–Trinajstić information content (AvgIpc) is 2.56. The maximum atomic E-state index is 5.94. The zero-order valence-electron chi connectivity index (χ0n) is 14.0. The number of halogens is 2. The molecule has 2 aromatic rings. The Morgan fingerprint density at radius 2 is 1.84 bits per heavy atom. The largest absolute Gasteiger partial charge is 0.487 e. The normalized spacial score (nSPS) is 10.7. The summed E-state index contributed by atoms with van der Waals surface area (Å²) in [4.78, 5) is 0. The lowest BCUT2D eigenvalue weighted by atomic mass is 10.2. The number of ether oxygens (including phenoxy) is 1. The number of hydrogen-bond donors (Lipinski definition) is 2. The van der Waals surface area contributed by atoms with E-state index >= 15 is 0 Å². The first-order valence-corrected chi connectivity index (χ1v) is 9.73. The van der Waals surface area contributed by atoms with Gasteiger partial charge in [0.2, 0.25) is 0 Å². The summed E-state index contributed by atoms with van der Waals surface area (Å²) in [6.07, 6.45) is 1.70. The van der Waals surface area contributed by atoms with Crippen molar-refractivity contribution in [2.45, 2.75) is 20.5 Å². The van der Waals surface area contributed by atoms with Gasteiger partial charge in [0.15, 0.2) is 5.11 Å². The fourth-order valence-corrected chi connectivity index (χ4v) is 3.65. The van der Waals surface area contributed by atoms with Gasteiger partial charge in [-0.15, -0.1) is 0 Å². The molecule has 25 heavy (non-hydrogen) atoms. The van der Waals surface area contributed by atoms with Gasteiger partial charge in [0.25, 0.3) is 0 Å². The van der Waals surface area contributed by atoms with Crippen molar-refractivity contribution in [3.63, 3.8) is 0 Å². The maximum Gasteiger partial charge on any atom is 0.186 e. The van der Waals surface area contributed by atoms with E-state index in [1.807, 2.05) is 19.1 Å². The fourth-order valence-electron chi connectivity index (χ4n) is 2.00. The lowest BCUT2D eigenvalue weighted by Crippen LogP contribution is -2.31. The molecule has 0 fully saturated rings. The molecule has 7 heteroatoms. The number of hydrazone groups is 1. The van der Waals surface area contributed by atoms with Crippen molar-refractivity contribution in [3.05, 3.63) is 62.0 Å². The minimum Gasteiger partial charge on any atom is -0.487 e. The summed E-state index contributed by atoms with van der Waals surface area (Å²) in [5, 5.41) is 7.58. The second-order valence-corrected chi connectivity index (χ2v) is 7.43. The highest BCUT2D eigenvalue weighted by atomic mass is 79.9. The molecule has 0 bridgehead atoms. The summed E-state index contributed by atoms with van der Waals surface area (Å²) in [5.41, 5.74) is 6.03.